The predicted molar refractivity (Wildman–Crippen MR) is 79.1 cm³/mol. The summed E-state index contributed by atoms with van der Waals surface area (Å²) in [6.45, 7) is 3.19. The maximum Gasteiger partial charge on any atom is 0.145 e. The molecule has 20 heavy (non-hydrogen) atoms. The van der Waals surface area contributed by atoms with Crippen LogP contribution in [0.3, 0.4) is 0 Å². The predicted octanol–water partition coefficient (Wildman–Crippen LogP) is 2.38. The fraction of sp³-hybridized carbons (Fsp3) is 0.438. The highest BCUT2D eigenvalue weighted by Crippen LogP contribution is 2.22. The van der Waals surface area contributed by atoms with Crippen molar-refractivity contribution in [3.8, 4) is 5.75 Å². The topological polar surface area (TPSA) is 43.4 Å². The summed E-state index contributed by atoms with van der Waals surface area (Å²) in [7, 11) is 0. The third kappa shape index (κ3) is 3.26. The summed E-state index contributed by atoms with van der Waals surface area (Å²) in [5, 5.41) is 4.58. The maximum absolute atomic E-state index is 5.84. The zero-order chi connectivity index (χ0) is 13.6. The lowest BCUT2D eigenvalue weighted by atomic mass is 10.1. The van der Waals surface area contributed by atoms with E-state index in [4.69, 9.17) is 9.47 Å². The van der Waals surface area contributed by atoms with Gasteiger partial charge < -0.3 is 14.8 Å². The molecule has 1 aliphatic heterocycles. The third-order valence-corrected chi connectivity index (χ3v) is 3.55. The fourth-order valence-corrected chi connectivity index (χ4v) is 2.52. The molecule has 1 aromatic heterocycles. The van der Waals surface area contributed by atoms with Crippen molar-refractivity contribution in [2.75, 3.05) is 26.4 Å². The van der Waals surface area contributed by atoms with Crippen LogP contribution in [0.5, 0.6) is 5.75 Å². The molecule has 0 saturated carbocycles. The van der Waals surface area contributed by atoms with Crippen molar-refractivity contribution >= 4 is 10.9 Å². The van der Waals surface area contributed by atoms with Gasteiger partial charge in [0.1, 0.15) is 17.9 Å². The Balaban J connectivity index is 1.52. The van der Waals surface area contributed by atoms with Crippen molar-refractivity contribution in [3.63, 3.8) is 0 Å². The van der Waals surface area contributed by atoms with Crippen molar-refractivity contribution in [1.82, 2.24) is 10.3 Å². The molecule has 0 radical (unpaired) electrons. The smallest absolute Gasteiger partial charge is 0.145 e. The van der Waals surface area contributed by atoms with Crippen LogP contribution < -0.4 is 10.1 Å². The first-order valence-electron chi connectivity index (χ1n) is 7.21. The van der Waals surface area contributed by atoms with Gasteiger partial charge in [0, 0.05) is 30.8 Å². The van der Waals surface area contributed by atoms with E-state index in [1.165, 1.54) is 6.42 Å². The number of fused-ring (bicyclic) bond motifs is 1. The molecule has 1 fully saturated rings. The zero-order valence-corrected chi connectivity index (χ0v) is 11.5. The number of nitrogens with one attached hydrogen (secondary N) is 1. The quantitative estimate of drug-likeness (QED) is 0.849. The van der Waals surface area contributed by atoms with E-state index in [-0.39, 0.29) is 0 Å². The van der Waals surface area contributed by atoms with Crippen molar-refractivity contribution in [2.24, 2.45) is 0 Å². The van der Waals surface area contributed by atoms with Crippen LogP contribution in [0, 0.1) is 0 Å². The molecule has 0 bridgehead atoms. The number of hydrogen-bond donors (Lipinski definition) is 1. The highest BCUT2D eigenvalue weighted by atomic mass is 16.5. The summed E-state index contributed by atoms with van der Waals surface area (Å²) in [5.74, 6) is 0.852. The largest absolute Gasteiger partial charge is 0.490 e. The second kappa shape index (κ2) is 6.68. The summed E-state index contributed by atoms with van der Waals surface area (Å²) in [6.07, 6.45) is 4.13. The third-order valence-electron chi connectivity index (χ3n) is 3.55. The van der Waals surface area contributed by atoms with Gasteiger partial charge in [-0.15, -0.1) is 0 Å². The first-order chi connectivity index (χ1) is 9.93. The van der Waals surface area contributed by atoms with Gasteiger partial charge in [-0.2, -0.15) is 0 Å². The minimum Gasteiger partial charge on any atom is -0.490 e. The molecule has 4 heteroatoms. The van der Waals surface area contributed by atoms with Crippen molar-refractivity contribution in [3.05, 3.63) is 36.5 Å². The lowest BCUT2D eigenvalue weighted by Crippen LogP contribution is -2.38. The van der Waals surface area contributed by atoms with Gasteiger partial charge in [-0.1, -0.05) is 18.2 Å². The molecule has 0 unspecified atom stereocenters. The van der Waals surface area contributed by atoms with Crippen LogP contribution >= 0.6 is 0 Å². The molecule has 1 aromatic carbocycles. The Labute approximate surface area is 119 Å². The SMILES string of the molecule is c1cnc2c(OCCN[C@@H]3CCCOC3)cccc2c1. The van der Waals surface area contributed by atoms with Crippen molar-refractivity contribution < 1.29 is 9.47 Å². The van der Waals surface area contributed by atoms with Gasteiger partial charge in [-0.05, 0) is 25.0 Å². The monoisotopic (exact) mass is 272 g/mol. The van der Waals surface area contributed by atoms with Gasteiger partial charge in [0.05, 0.1) is 6.61 Å². The summed E-state index contributed by atoms with van der Waals surface area (Å²) in [6, 6.07) is 10.5. The van der Waals surface area contributed by atoms with Crippen LogP contribution in [0.25, 0.3) is 10.9 Å². The second-order valence-electron chi connectivity index (χ2n) is 5.05. The van der Waals surface area contributed by atoms with E-state index in [0.29, 0.717) is 12.6 Å². The van der Waals surface area contributed by atoms with Gasteiger partial charge in [0.25, 0.3) is 0 Å². The molecule has 1 N–H and O–H groups in total. The number of pyridine rings is 1. The van der Waals surface area contributed by atoms with Crippen LogP contribution in [0.4, 0.5) is 0 Å². The lowest BCUT2D eigenvalue weighted by Gasteiger charge is -2.23. The number of hydrogen-bond acceptors (Lipinski definition) is 4. The Morgan fingerprint density at radius 3 is 3.15 bits per heavy atom. The molecule has 1 atom stereocenters. The molecule has 4 nitrogen and oxygen atoms in total. The van der Waals surface area contributed by atoms with E-state index in [1.807, 2.05) is 30.3 Å². The molecule has 0 spiro atoms. The Kier molecular flexibility index (Phi) is 4.46. The van der Waals surface area contributed by atoms with Gasteiger partial charge in [-0.3, -0.25) is 4.98 Å². The van der Waals surface area contributed by atoms with E-state index >= 15 is 0 Å². The molecule has 0 aliphatic carbocycles. The molecular formula is C16H20N2O2. The number of ether oxygens (including phenoxy) is 2. The highest BCUT2D eigenvalue weighted by Gasteiger charge is 2.12. The van der Waals surface area contributed by atoms with Gasteiger partial charge in [0.15, 0.2) is 0 Å². The molecule has 1 aliphatic rings. The van der Waals surface area contributed by atoms with E-state index in [1.54, 1.807) is 6.20 Å². The summed E-state index contributed by atoms with van der Waals surface area (Å²) in [4.78, 5) is 4.38. The Bertz CT molecular complexity index is 548. The average molecular weight is 272 g/mol. The van der Waals surface area contributed by atoms with Gasteiger partial charge in [-0.25, -0.2) is 0 Å². The summed E-state index contributed by atoms with van der Waals surface area (Å²) >= 11 is 0. The Hall–Kier alpha value is -1.65. The van der Waals surface area contributed by atoms with Crippen LogP contribution in [-0.4, -0.2) is 37.4 Å². The average Bonchev–Trinajstić information content (AvgIpc) is 2.53. The first-order valence-corrected chi connectivity index (χ1v) is 7.21. The number of nitrogens with zero attached hydrogens (tertiary/aromatic N) is 1. The minimum absolute atomic E-state index is 0.470. The molecule has 2 heterocycles. The number of benzene rings is 1. The Morgan fingerprint density at radius 1 is 1.30 bits per heavy atom. The van der Waals surface area contributed by atoms with Crippen LogP contribution in [0.2, 0.25) is 0 Å². The summed E-state index contributed by atoms with van der Waals surface area (Å²) < 4.78 is 11.3. The number of rotatable bonds is 5. The molecule has 0 amide bonds. The van der Waals surface area contributed by atoms with Crippen LogP contribution in [0.15, 0.2) is 36.5 Å². The minimum atomic E-state index is 0.470. The van der Waals surface area contributed by atoms with E-state index in [2.05, 4.69) is 10.3 Å². The summed E-state index contributed by atoms with van der Waals surface area (Å²) in [5.41, 5.74) is 0.927. The van der Waals surface area contributed by atoms with E-state index in [9.17, 15) is 0 Å². The van der Waals surface area contributed by atoms with Crippen molar-refractivity contribution in [2.45, 2.75) is 18.9 Å². The Morgan fingerprint density at radius 2 is 2.25 bits per heavy atom. The molecule has 2 aromatic rings. The lowest BCUT2D eigenvalue weighted by molar-refractivity contribution is 0.0693. The van der Waals surface area contributed by atoms with Crippen molar-refractivity contribution in [1.29, 1.82) is 0 Å². The normalized spacial score (nSPS) is 19.1. The maximum atomic E-state index is 5.84. The van der Waals surface area contributed by atoms with E-state index < -0.39 is 0 Å². The zero-order valence-electron chi connectivity index (χ0n) is 11.5. The number of aromatic nitrogens is 1. The molecule has 106 valence electrons. The number of para-hydroxylation sites is 1. The molecule has 3 rings (SSSR count). The first kappa shape index (κ1) is 13.3. The van der Waals surface area contributed by atoms with Crippen LogP contribution in [0.1, 0.15) is 12.8 Å². The molecular weight excluding hydrogens is 252 g/mol. The molecule has 1 saturated heterocycles. The highest BCUT2D eigenvalue weighted by molar-refractivity contribution is 5.84. The van der Waals surface area contributed by atoms with Gasteiger partial charge >= 0.3 is 0 Å². The fourth-order valence-electron chi connectivity index (χ4n) is 2.52. The van der Waals surface area contributed by atoms with Crippen LogP contribution in [-0.2, 0) is 4.74 Å². The van der Waals surface area contributed by atoms with E-state index in [0.717, 1.165) is 42.8 Å². The standard InChI is InChI=1S/C16H20N2O2/c1-4-13-5-2-8-18-16(13)15(7-1)20-11-9-17-14-6-3-10-19-12-14/h1-2,4-5,7-8,14,17H,3,6,9-12H2/t14-/m1/s1. The second-order valence-corrected chi connectivity index (χ2v) is 5.05. The van der Waals surface area contributed by atoms with Gasteiger partial charge in [0.2, 0.25) is 0 Å².